The molecule has 0 aliphatic heterocycles. The Morgan fingerprint density at radius 1 is 1.11 bits per heavy atom. The van der Waals surface area contributed by atoms with Crippen LogP contribution in [0.1, 0.15) is 30.4 Å². The summed E-state index contributed by atoms with van der Waals surface area (Å²) in [7, 11) is 0. The number of hydrogen-bond donors (Lipinski definition) is 0. The Labute approximate surface area is 115 Å². The van der Waals surface area contributed by atoms with E-state index in [1.54, 1.807) is 18.7 Å². The summed E-state index contributed by atoms with van der Waals surface area (Å²) in [6.45, 7) is 5.86. The first-order valence-corrected chi connectivity index (χ1v) is 7.42. The first-order chi connectivity index (χ1) is 9.21. The lowest BCUT2D eigenvalue weighted by Crippen LogP contribution is -2.22. The average Bonchev–Trinajstić information content (AvgIpc) is 2.99. The van der Waals surface area contributed by atoms with Crippen molar-refractivity contribution in [3.05, 3.63) is 23.4 Å². The van der Waals surface area contributed by atoms with Crippen LogP contribution in [-0.4, -0.2) is 38.0 Å². The molecular formula is C11H17N5O2S. The highest BCUT2D eigenvalue weighted by Crippen LogP contribution is 2.09. The van der Waals surface area contributed by atoms with Gasteiger partial charge in [0.1, 0.15) is 0 Å². The van der Waals surface area contributed by atoms with E-state index in [1.807, 2.05) is 6.26 Å². The van der Waals surface area contributed by atoms with Gasteiger partial charge in [0.2, 0.25) is 11.8 Å². The third-order valence-electron chi connectivity index (χ3n) is 2.52. The summed E-state index contributed by atoms with van der Waals surface area (Å²) in [6.07, 6.45) is 2.01. The molecule has 0 radical (unpaired) electrons. The second kappa shape index (κ2) is 6.67. The fraction of sp³-hybridized carbons (Fsp3) is 0.636. The summed E-state index contributed by atoms with van der Waals surface area (Å²) >= 11 is 1.67. The van der Waals surface area contributed by atoms with Gasteiger partial charge in [0, 0.05) is 0 Å². The molecule has 104 valence electrons. The molecule has 0 spiro atoms. The van der Waals surface area contributed by atoms with E-state index in [0.717, 1.165) is 18.1 Å². The highest BCUT2D eigenvalue weighted by Gasteiger charge is 2.14. The quantitative estimate of drug-likeness (QED) is 0.758. The van der Waals surface area contributed by atoms with Gasteiger partial charge in [0.15, 0.2) is 11.6 Å². The number of nitrogens with zero attached hydrogens (tertiary/aromatic N) is 5. The Kier molecular flexibility index (Phi) is 4.92. The van der Waals surface area contributed by atoms with Crippen LogP contribution in [0.4, 0.5) is 0 Å². The van der Waals surface area contributed by atoms with Crippen LogP contribution in [0.3, 0.4) is 0 Å². The van der Waals surface area contributed by atoms with Crippen molar-refractivity contribution in [1.82, 2.24) is 25.2 Å². The monoisotopic (exact) mass is 283 g/mol. The summed E-state index contributed by atoms with van der Waals surface area (Å²) in [5, 5.41) is 7.69. The molecule has 2 rings (SSSR count). The molecule has 0 fully saturated rings. The largest absolute Gasteiger partial charge is 0.338 e. The first-order valence-electron chi connectivity index (χ1n) is 6.03. The minimum Gasteiger partial charge on any atom is -0.338 e. The normalized spacial score (nSPS) is 11.4. The van der Waals surface area contributed by atoms with Crippen LogP contribution in [0.2, 0.25) is 0 Å². The van der Waals surface area contributed by atoms with E-state index in [-0.39, 0.29) is 0 Å². The predicted octanol–water partition coefficient (Wildman–Crippen LogP) is 1.65. The molecule has 0 saturated heterocycles. The van der Waals surface area contributed by atoms with E-state index >= 15 is 0 Å². The highest BCUT2D eigenvalue weighted by molar-refractivity contribution is 7.97. The zero-order valence-electron chi connectivity index (χ0n) is 11.3. The van der Waals surface area contributed by atoms with Crippen LogP contribution in [0.5, 0.6) is 0 Å². The average molecular weight is 283 g/mol. The van der Waals surface area contributed by atoms with Gasteiger partial charge in [-0.2, -0.15) is 21.7 Å². The molecule has 2 aromatic heterocycles. The summed E-state index contributed by atoms with van der Waals surface area (Å²) < 4.78 is 10.3. The van der Waals surface area contributed by atoms with Gasteiger partial charge >= 0.3 is 0 Å². The molecule has 0 aliphatic rings. The second-order valence-corrected chi connectivity index (χ2v) is 4.94. The minimum atomic E-state index is 0.581. The smallest absolute Gasteiger partial charge is 0.240 e. The van der Waals surface area contributed by atoms with Crippen LogP contribution in [0.25, 0.3) is 0 Å². The molecule has 0 atom stereocenters. The van der Waals surface area contributed by atoms with Gasteiger partial charge in [-0.25, -0.2) is 0 Å². The van der Waals surface area contributed by atoms with Crippen LogP contribution in [-0.2, 0) is 18.8 Å². The van der Waals surface area contributed by atoms with Crippen molar-refractivity contribution in [2.24, 2.45) is 0 Å². The molecule has 0 saturated carbocycles. The van der Waals surface area contributed by atoms with E-state index in [0.29, 0.717) is 30.7 Å². The Morgan fingerprint density at radius 2 is 1.79 bits per heavy atom. The molecule has 2 aromatic rings. The fourth-order valence-electron chi connectivity index (χ4n) is 1.61. The van der Waals surface area contributed by atoms with Gasteiger partial charge in [-0.3, -0.25) is 4.90 Å². The maximum Gasteiger partial charge on any atom is 0.240 e. The molecule has 0 unspecified atom stereocenters. The predicted molar refractivity (Wildman–Crippen MR) is 70.3 cm³/mol. The molecule has 8 heteroatoms. The lowest BCUT2D eigenvalue weighted by atomic mass is 10.4. The summed E-state index contributed by atoms with van der Waals surface area (Å²) in [5.41, 5.74) is 0. The molecule has 2 heterocycles. The second-order valence-electron chi connectivity index (χ2n) is 4.08. The van der Waals surface area contributed by atoms with Crippen molar-refractivity contribution in [3.8, 4) is 0 Å². The maximum atomic E-state index is 5.21. The molecule has 0 N–H and O–H groups in total. The lowest BCUT2D eigenvalue weighted by Gasteiger charge is -2.14. The van der Waals surface area contributed by atoms with Gasteiger partial charge in [-0.15, -0.1) is 0 Å². The topological polar surface area (TPSA) is 81.1 Å². The van der Waals surface area contributed by atoms with E-state index in [9.17, 15) is 0 Å². The Balaban J connectivity index is 1.94. The number of hydrogen-bond acceptors (Lipinski definition) is 8. The SMILES string of the molecule is CCN(Cc1nc(C)no1)Cc1nc(CSC)no1. The first kappa shape index (κ1) is 14.0. The molecular weight excluding hydrogens is 266 g/mol. The molecule has 19 heavy (non-hydrogen) atoms. The maximum absolute atomic E-state index is 5.21. The Hall–Kier alpha value is -1.41. The van der Waals surface area contributed by atoms with Gasteiger partial charge in [-0.05, 0) is 19.7 Å². The third-order valence-corrected chi connectivity index (χ3v) is 3.07. The van der Waals surface area contributed by atoms with Gasteiger partial charge < -0.3 is 9.05 Å². The van der Waals surface area contributed by atoms with Gasteiger partial charge in [0.05, 0.1) is 18.8 Å². The zero-order chi connectivity index (χ0) is 13.7. The van der Waals surface area contributed by atoms with Gasteiger partial charge in [0.25, 0.3) is 0 Å². The number of rotatable bonds is 7. The van der Waals surface area contributed by atoms with Crippen LogP contribution in [0.15, 0.2) is 9.05 Å². The van der Waals surface area contributed by atoms with Crippen molar-refractivity contribution in [2.45, 2.75) is 32.7 Å². The van der Waals surface area contributed by atoms with Crippen molar-refractivity contribution in [1.29, 1.82) is 0 Å². The van der Waals surface area contributed by atoms with Crippen LogP contribution < -0.4 is 0 Å². The van der Waals surface area contributed by atoms with Crippen LogP contribution in [0, 0.1) is 6.92 Å². The Morgan fingerprint density at radius 3 is 2.37 bits per heavy atom. The standard InChI is InChI=1S/C11H17N5O2S/c1-4-16(5-10-12-8(2)14-17-10)6-11-13-9(7-19-3)15-18-11/h4-7H2,1-3H3. The van der Waals surface area contributed by atoms with Crippen LogP contribution >= 0.6 is 11.8 Å². The molecule has 0 bridgehead atoms. The molecule has 7 nitrogen and oxygen atoms in total. The van der Waals surface area contributed by atoms with E-state index in [1.165, 1.54) is 0 Å². The highest BCUT2D eigenvalue weighted by atomic mass is 32.2. The Bertz CT molecular complexity index is 513. The van der Waals surface area contributed by atoms with E-state index in [4.69, 9.17) is 9.05 Å². The number of aromatic nitrogens is 4. The number of thioether (sulfide) groups is 1. The van der Waals surface area contributed by atoms with E-state index < -0.39 is 0 Å². The zero-order valence-corrected chi connectivity index (χ0v) is 12.1. The lowest BCUT2D eigenvalue weighted by molar-refractivity contribution is 0.201. The number of aryl methyl sites for hydroxylation is 1. The van der Waals surface area contributed by atoms with Crippen molar-refractivity contribution < 1.29 is 9.05 Å². The summed E-state index contributed by atoms with van der Waals surface area (Å²) in [5.74, 6) is 3.35. The van der Waals surface area contributed by atoms with E-state index in [2.05, 4.69) is 32.1 Å². The van der Waals surface area contributed by atoms with Crippen molar-refractivity contribution >= 4 is 11.8 Å². The molecule has 0 aliphatic carbocycles. The van der Waals surface area contributed by atoms with Crippen molar-refractivity contribution in [3.63, 3.8) is 0 Å². The summed E-state index contributed by atoms with van der Waals surface area (Å²) in [6, 6.07) is 0. The molecule has 0 aromatic carbocycles. The third kappa shape index (κ3) is 4.03. The van der Waals surface area contributed by atoms with Crippen molar-refractivity contribution in [2.75, 3.05) is 12.8 Å². The fourth-order valence-corrected chi connectivity index (χ4v) is 1.98. The summed E-state index contributed by atoms with van der Waals surface area (Å²) in [4.78, 5) is 10.6. The van der Waals surface area contributed by atoms with Gasteiger partial charge in [-0.1, -0.05) is 17.2 Å². The molecule has 0 amide bonds. The minimum absolute atomic E-state index is 0.581.